The van der Waals surface area contributed by atoms with Crippen molar-refractivity contribution in [3.05, 3.63) is 12.4 Å². The number of hydrogen-bond donors (Lipinski definition) is 2. The van der Waals surface area contributed by atoms with Gasteiger partial charge in [-0.2, -0.15) is 0 Å². The van der Waals surface area contributed by atoms with Crippen LogP contribution in [0.15, 0.2) is 12.4 Å². The monoisotopic (exact) mass is 222 g/mol. The molecule has 1 unspecified atom stereocenters. The summed E-state index contributed by atoms with van der Waals surface area (Å²) in [6.45, 7) is 4.98. The standard InChI is InChI=1S/C11H18N4O/c1-11(2)5-9(3-4-16-11)15-10-13-6-8(12)7-14-10/h6-7,9H,3-5,12H2,1-2H3,(H,13,14,15). The van der Waals surface area contributed by atoms with Crippen LogP contribution in [0.1, 0.15) is 26.7 Å². The molecule has 5 heteroatoms. The molecule has 0 aromatic carbocycles. The summed E-state index contributed by atoms with van der Waals surface area (Å²) in [6.07, 6.45) is 5.16. The van der Waals surface area contributed by atoms with Gasteiger partial charge in [0.15, 0.2) is 0 Å². The SMILES string of the molecule is CC1(C)CC(Nc2ncc(N)cn2)CCO1. The van der Waals surface area contributed by atoms with Gasteiger partial charge in [-0.05, 0) is 26.7 Å². The average molecular weight is 222 g/mol. The van der Waals surface area contributed by atoms with Gasteiger partial charge in [-0.1, -0.05) is 0 Å². The van der Waals surface area contributed by atoms with E-state index in [9.17, 15) is 0 Å². The van der Waals surface area contributed by atoms with E-state index in [1.54, 1.807) is 12.4 Å². The highest BCUT2D eigenvalue weighted by atomic mass is 16.5. The van der Waals surface area contributed by atoms with E-state index >= 15 is 0 Å². The van der Waals surface area contributed by atoms with Gasteiger partial charge in [0.25, 0.3) is 0 Å². The van der Waals surface area contributed by atoms with E-state index in [0.717, 1.165) is 19.4 Å². The van der Waals surface area contributed by atoms with Gasteiger partial charge in [0.1, 0.15) is 0 Å². The van der Waals surface area contributed by atoms with Crippen LogP contribution in [0.5, 0.6) is 0 Å². The Morgan fingerprint density at radius 3 is 2.75 bits per heavy atom. The van der Waals surface area contributed by atoms with E-state index in [0.29, 0.717) is 17.7 Å². The van der Waals surface area contributed by atoms with Gasteiger partial charge in [-0.15, -0.1) is 0 Å². The van der Waals surface area contributed by atoms with Crippen LogP contribution in [0.2, 0.25) is 0 Å². The Balaban J connectivity index is 1.97. The highest BCUT2D eigenvalue weighted by Crippen LogP contribution is 2.25. The van der Waals surface area contributed by atoms with Crippen LogP contribution in [-0.4, -0.2) is 28.2 Å². The van der Waals surface area contributed by atoms with E-state index in [-0.39, 0.29) is 5.60 Å². The molecule has 1 aliphatic heterocycles. The maximum absolute atomic E-state index is 5.65. The van der Waals surface area contributed by atoms with Crippen molar-refractivity contribution in [2.24, 2.45) is 0 Å². The number of rotatable bonds is 2. The van der Waals surface area contributed by atoms with E-state index in [1.807, 2.05) is 0 Å². The second kappa shape index (κ2) is 4.25. The van der Waals surface area contributed by atoms with Crippen molar-refractivity contribution in [3.8, 4) is 0 Å². The minimum Gasteiger partial charge on any atom is -0.396 e. The number of anilines is 2. The first-order valence-corrected chi connectivity index (χ1v) is 5.53. The van der Waals surface area contributed by atoms with Crippen LogP contribution in [0.4, 0.5) is 11.6 Å². The zero-order valence-corrected chi connectivity index (χ0v) is 9.73. The van der Waals surface area contributed by atoms with Crippen molar-refractivity contribution in [2.45, 2.75) is 38.3 Å². The first kappa shape index (κ1) is 11.1. The topological polar surface area (TPSA) is 73.1 Å². The summed E-state index contributed by atoms with van der Waals surface area (Å²) in [4.78, 5) is 8.26. The lowest BCUT2D eigenvalue weighted by Crippen LogP contribution is -2.40. The summed E-state index contributed by atoms with van der Waals surface area (Å²) in [7, 11) is 0. The molecule has 3 N–H and O–H groups in total. The molecule has 88 valence electrons. The second-order valence-electron chi connectivity index (χ2n) is 4.78. The number of aromatic nitrogens is 2. The van der Waals surface area contributed by atoms with Crippen molar-refractivity contribution in [2.75, 3.05) is 17.7 Å². The molecule has 0 bridgehead atoms. The minimum atomic E-state index is -0.0657. The maximum atomic E-state index is 5.65. The minimum absolute atomic E-state index is 0.0657. The summed E-state index contributed by atoms with van der Waals surface area (Å²) in [5, 5.41) is 3.31. The largest absolute Gasteiger partial charge is 0.396 e. The fourth-order valence-electron chi connectivity index (χ4n) is 1.95. The van der Waals surface area contributed by atoms with Gasteiger partial charge in [0.2, 0.25) is 5.95 Å². The third-order valence-corrected chi connectivity index (χ3v) is 2.70. The lowest BCUT2D eigenvalue weighted by Gasteiger charge is -2.35. The van der Waals surface area contributed by atoms with Crippen LogP contribution in [0.25, 0.3) is 0 Å². The van der Waals surface area contributed by atoms with E-state index in [2.05, 4.69) is 29.1 Å². The molecule has 1 aromatic heterocycles. The van der Waals surface area contributed by atoms with Crippen LogP contribution in [0, 0.1) is 0 Å². The molecule has 5 nitrogen and oxygen atoms in total. The molecule has 2 rings (SSSR count). The normalized spacial score (nSPS) is 24.0. The lowest BCUT2D eigenvalue weighted by molar-refractivity contribution is -0.0553. The van der Waals surface area contributed by atoms with Gasteiger partial charge in [0, 0.05) is 12.6 Å². The van der Waals surface area contributed by atoms with Crippen molar-refractivity contribution in [1.82, 2.24) is 9.97 Å². The molecule has 1 fully saturated rings. The number of nitrogen functional groups attached to an aromatic ring is 1. The Morgan fingerprint density at radius 2 is 2.12 bits per heavy atom. The maximum Gasteiger partial charge on any atom is 0.222 e. The van der Waals surface area contributed by atoms with Gasteiger partial charge in [-0.25, -0.2) is 9.97 Å². The lowest BCUT2D eigenvalue weighted by atomic mass is 9.94. The fourth-order valence-corrected chi connectivity index (χ4v) is 1.95. The number of hydrogen-bond acceptors (Lipinski definition) is 5. The van der Waals surface area contributed by atoms with Crippen molar-refractivity contribution in [3.63, 3.8) is 0 Å². The predicted molar refractivity (Wildman–Crippen MR) is 63.1 cm³/mol. The molecule has 1 aromatic rings. The molecular weight excluding hydrogens is 204 g/mol. The predicted octanol–water partition coefficient (Wildman–Crippen LogP) is 1.43. The number of nitrogens with two attached hydrogens (primary N) is 1. The first-order chi connectivity index (χ1) is 7.55. The van der Waals surface area contributed by atoms with Crippen molar-refractivity contribution >= 4 is 11.6 Å². The smallest absolute Gasteiger partial charge is 0.222 e. The van der Waals surface area contributed by atoms with Gasteiger partial charge in [-0.3, -0.25) is 0 Å². The summed E-state index contributed by atoms with van der Waals surface area (Å²) in [6, 6.07) is 0.368. The van der Waals surface area contributed by atoms with Gasteiger partial charge < -0.3 is 15.8 Å². The van der Waals surface area contributed by atoms with E-state index in [4.69, 9.17) is 10.5 Å². The molecule has 0 spiro atoms. The van der Waals surface area contributed by atoms with Crippen molar-refractivity contribution < 1.29 is 4.74 Å². The zero-order chi connectivity index (χ0) is 11.6. The Kier molecular flexibility index (Phi) is 2.96. The highest BCUT2D eigenvalue weighted by molar-refractivity contribution is 5.36. The quantitative estimate of drug-likeness (QED) is 0.792. The average Bonchev–Trinajstić information content (AvgIpc) is 2.20. The van der Waals surface area contributed by atoms with E-state index in [1.165, 1.54) is 0 Å². The molecule has 2 heterocycles. The molecule has 1 atom stereocenters. The Labute approximate surface area is 95.4 Å². The van der Waals surface area contributed by atoms with Crippen molar-refractivity contribution in [1.29, 1.82) is 0 Å². The Morgan fingerprint density at radius 1 is 1.44 bits per heavy atom. The zero-order valence-electron chi connectivity index (χ0n) is 9.73. The summed E-state index contributed by atoms with van der Waals surface area (Å²) in [5.74, 6) is 0.636. The third kappa shape index (κ3) is 2.82. The molecule has 0 aliphatic carbocycles. The molecule has 0 saturated carbocycles. The van der Waals surface area contributed by atoms with Gasteiger partial charge >= 0.3 is 0 Å². The van der Waals surface area contributed by atoms with Crippen LogP contribution >= 0.6 is 0 Å². The highest BCUT2D eigenvalue weighted by Gasteiger charge is 2.28. The van der Waals surface area contributed by atoms with E-state index < -0.39 is 0 Å². The van der Waals surface area contributed by atoms with Crippen LogP contribution in [0.3, 0.4) is 0 Å². The molecular formula is C11H18N4O. The number of nitrogens with zero attached hydrogens (tertiary/aromatic N) is 2. The molecule has 0 radical (unpaired) electrons. The molecule has 16 heavy (non-hydrogen) atoms. The number of ether oxygens (including phenoxy) is 1. The molecule has 1 aliphatic rings. The summed E-state index contributed by atoms with van der Waals surface area (Å²) < 4.78 is 5.65. The molecule has 0 amide bonds. The van der Waals surface area contributed by atoms with Crippen LogP contribution < -0.4 is 11.1 Å². The first-order valence-electron chi connectivity index (χ1n) is 5.53. The fraction of sp³-hybridized carbons (Fsp3) is 0.636. The number of nitrogens with one attached hydrogen (secondary N) is 1. The van der Waals surface area contributed by atoms with Crippen LogP contribution in [-0.2, 0) is 4.74 Å². The van der Waals surface area contributed by atoms with Gasteiger partial charge in [0.05, 0.1) is 23.7 Å². The Hall–Kier alpha value is -1.36. The third-order valence-electron chi connectivity index (χ3n) is 2.70. The molecule has 1 saturated heterocycles. The summed E-state index contributed by atoms with van der Waals surface area (Å²) >= 11 is 0. The second-order valence-corrected chi connectivity index (χ2v) is 4.78. The Bertz CT molecular complexity index is 350. The summed E-state index contributed by atoms with van der Waals surface area (Å²) in [5.41, 5.74) is 6.05.